The lowest BCUT2D eigenvalue weighted by Gasteiger charge is -2.40. The SMILES string of the molecule is CC(C)C1CCC(Cc2ccc(Cl)cc2)C1(O)Cn1cncn1.CC1(C)CCC(Cc2ccc(Cl)cc2)C1(O)Cn1cncn1. The zero-order valence-electron chi connectivity index (χ0n) is 26.7. The maximum atomic E-state index is 11.6. The van der Waals surface area contributed by atoms with Crippen LogP contribution in [0.3, 0.4) is 0 Å². The molecule has 2 aliphatic carbocycles. The molecule has 5 unspecified atom stereocenters. The van der Waals surface area contributed by atoms with Crippen LogP contribution in [0.4, 0.5) is 0 Å². The average molecular weight is 654 g/mol. The van der Waals surface area contributed by atoms with E-state index in [2.05, 4.69) is 60.0 Å². The summed E-state index contributed by atoms with van der Waals surface area (Å²) >= 11 is 11.9. The molecule has 0 amide bonds. The second-order valence-corrected chi connectivity index (χ2v) is 14.9. The number of aliphatic hydroxyl groups is 2. The van der Waals surface area contributed by atoms with Gasteiger partial charge >= 0.3 is 0 Å². The van der Waals surface area contributed by atoms with Crippen LogP contribution < -0.4 is 0 Å². The van der Waals surface area contributed by atoms with Gasteiger partial charge in [-0.25, -0.2) is 9.97 Å². The van der Waals surface area contributed by atoms with Crippen LogP contribution in [-0.4, -0.2) is 50.9 Å². The van der Waals surface area contributed by atoms with Gasteiger partial charge in [0.1, 0.15) is 25.3 Å². The Morgan fingerprint density at radius 3 is 1.76 bits per heavy atom. The normalized spacial score (nSPS) is 27.4. The summed E-state index contributed by atoms with van der Waals surface area (Å²) in [6.45, 7) is 9.67. The number of nitrogens with zero attached hydrogens (tertiary/aromatic N) is 6. The van der Waals surface area contributed by atoms with Gasteiger partial charge in [0.15, 0.2) is 0 Å². The largest absolute Gasteiger partial charge is 0.387 e. The minimum atomic E-state index is -0.791. The van der Waals surface area contributed by atoms with Gasteiger partial charge in [0.2, 0.25) is 0 Å². The standard InChI is InChI=1S/C18H24ClN3O.C17H22ClN3O/c1-13(2)17-8-5-15(9-14-3-6-16(19)7-4-14)18(17,23)10-22-12-20-11-21-22;1-16(2)8-7-14(9-13-3-5-15(18)6-4-13)17(16,22)10-21-12-19-11-20-21/h3-4,6-7,11-13,15,17,23H,5,8-10H2,1-2H3;3-6,11-12,14,22H,7-10H2,1-2H3. The predicted molar refractivity (Wildman–Crippen MR) is 178 cm³/mol. The van der Waals surface area contributed by atoms with E-state index in [9.17, 15) is 10.2 Å². The fourth-order valence-electron chi connectivity index (χ4n) is 7.72. The molecule has 2 fully saturated rings. The molecule has 242 valence electrons. The van der Waals surface area contributed by atoms with Gasteiger partial charge < -0.3 is 10.2 Å². The predicted octanol–water partition coefficient (Wildman–Crippen LogP) is 6.93. The number of halogens is 2. The molecule has 2 aromatic heterocycles. The summed E-state index contributed by atoms with van der Waals surface area (Å²) in [5.74, 6) is 1.15. The molecule has 2 heterocycles. The summed E-state index contributed by atoms with van der Waals surface area (Å²) in [5.41, 5.74) is 0.752. The van der Waals surface area contributed by atoms with Gasteiger partial charge in [-0.1, -0.05) is 75.2 Å². The highest BCUT2D eigenvalue weighted by atomic mass is 35.5. The minimum absolute atomic E-state index is 0.143. The molecular weight excluding hydrogens is 607 g/mol. The third kappa shape index (κ3) is 7.62. The van der Waals surface area contributed by atoms with Crippen molar-refractivity contribution in [2.24, 2.45) is 29.1 Å². The van der Waals surface area contributed by atoms with Crippen molar-refractivity contribution in [3.8, 4) is 0 Å². The summed E-state index contributed by atoms with van der Waals surface area (Å²) in [7, 11) is 0. The summed E-state index contributed by atoms with van der Waals surface area (Å²) in [6, 6.07) is 15.9. The Morgan fingerprint density at radius 1 is 0.756 bits per heavy atom. The Labute approximate surface area is 276 Å². The first-order valence-corrected chi connectivity index (χ1v) is 16.7. The summed E-state index contributed by atoms with van der Waals surface area (Å²) < 4.78 is 3.50. The third-order valence-electron chi connectivity index (χ3n) is 10.5. The molecule has 5 atom stereocenters. The fourth-order valence-corrected chi connectivity index (χ4v) is 7.97. The highest BCUT2D eigenvalue weighted by Gasteiger charge is 2.54. The molecular formula is C35H46Cl2N6O2. The summed E-state index contributed by atoms with van der Waals surface area (Å²) in [6.07, 6.45) is 12.2. The number of hydrogen-bond acceptors (Lipinski definition) is 6. The fraction of sp³-hybridized carbons (Fsp3) is 0.543. The lowest BCUT2D eigenvalue weighted by atomic mass is 9.72. The van der Waals surface area contributed by atoms with E-state index in [1.165, 1.54) is 23.8 Å². The topological polar surface area (TPSA) is 102 Å². The van der Waals surface area contributed by atoms with Crippen molar-refractivity contribution >= 4 is 23.2 Å². The zero-order valence-corrected chi connectivity index (χ0v) is 28.2. The molecule has 2 aromatic carbocycles. The van der Waals surface area contributed by atoms with E-state index in [0.29, 0.717) is 19.0 Å². The monoisotopic (exact) mass is 652 g/mol. The van der Waals surface area contributed by atoms with E-state index in [1.807, 2.05) is 36.4 Å². The number of hydrogen-bond donors (Lipinski definition) is 2. The van der Waals surface area contributed by atoms with Gasteiger partial charge in [0, 0.05) is 10.0 Å². The Morgan fingerprint density at radius 2 is 1.27 bits per heavy atom. The van der Waals surface area contributed by atoms with Crippen LogP contribution >= 0.6 is 23.2 Å². The lowest BCUT2D eigenvalue weighted by Crippen LogP contribution is -2.49. The number of benzene rings is 2. The molecule has 8 nitrogen and oxygen atoms in total. The van der Waals surface area contributed by atoms with Crippen LogP contribution in [0.25, 0.3) is 0 Å². The Kier molecular flexibility index (Phi) is 10.4. The molecule has 0 spiro atoms. The number of aromatic nitrogens is 6. The minimum Gasteiger partial charge on any atom is -0.387 e. The Bertz CT molecular complexity index is 1480. The first-order chi connectivity index (χ1) is 21.4. The van der Waals surface area contributed by atoms with E-state index in [4.69, 9.17) is 23.2 Å². The van der Waals surface area contributed by atoms with Crippen molar-refractivity contribution in [2.45, 2.75) is 90.5 Å². The van der Waals surface area contributed by atoms with Crippen LogP contribution in [0.1, 0.15) is 64.5 Å². The van der Waals surface area contributed by atoms with Crippen LogP contribution in [0, 0.1) is 29.1 Å². The lowest BCUT2D eigenvalue weighted by molar-refractivity contribution is -0.0907. The Balaban J connectivity index is 0.000000178. The quantitative estimate of drug-likeness (QED) is 0.203. The second kappa shape index (κ2) is 13.9. The highest BCUT2D eigenvalue weighted by molar-refractivity contribution is 6.30. The number of rotatable bonds is 9. The molecule has 10 heteroatoms. The van der Waals surface area contributed by atoms with Crippen LogP contribution in [0.5, 0.6) is 0 Å². The molecule has 6 rings (SSSR count). The van der Waals surface area contributed by atoms with Gasteiger partial charge in [0.25, 0.3) is 0 Å². The maximum Gasteiger partial charge on any atom is 0.137 e. The van der Waals surface area contributed by atoms with E-state index in [1.54, 1.807) is 22.0 Å². The highest BCUT2D eigenvalue weighted by Crippen LogP contribution is 2.51. The summed E-state index contributed by atoms with van der Waals surface area (Å²) in [4.78, 5) is 8.00. The van der Waals surface area contributed by atoms with Crippen molar-refractivity contribution in [1.29, 1.82) is 0 Å². The van der Waals surface area contributed by atoms with Crippen molar-refractivity contribution in [2.75, 3.05) is 0 Å². The van der Waals surface area contributed by atoms with Crippen molar-refractivity contribution in [3.05, 3.63) is 95.0 Å². The van der Waals surface area contributed by atoms with Gasteiger partial charge in [-0.05, 0) is 103 Å². The van der Waals surface area contributed by atoms with Gasteiger partial charge in [0.05, 0.1) is 24.3 Å². The van der Waals surface area contributed by atoms with Gasteiger partial charge in [-0.2, -0.15) is 10.2 Å². The maximum absolute atomic E-state index is 11.6. The molecule has 2 aliphatic rings. The molecule has 2 N–H and O–H groups in total. The van der Waals surface area contributed by atoms with Crippen LogP contribution in [0.2, 0.25) is 10.0 Å². The summed E-state index contributed by atoms with van der Waals surface area (Å²) in [5, 5.41) is 32.9. The van der Waals surface area contributed by atoms with Gasteiger partial charge in [-0.3, -0.25) is 9.36 Å². The zero-order chi connectivity index (χ0) is 32.2. The smallest absolute Gasteiger partial charge is 0.137 e. The average Bonchev–Trinajstić information content (AvgIpc) is 3.79. The van der Waals surface area contributed by atoms with Crippen molar-refractivity contribution < 1.29 is 10.2 Å². The Hall–Kier alpha value is -2.78. The second-order valence-electron chi connectivity index (χ2n) is 14.0. The van der Waals surface area contributed by atoms with Crippen LogP contribution in [0.15, 0.2) is 73.8 Å². The molecule has 0 radical (unpaired) electrons. The van der Waals surface area contributed by atoms with E-state index < -0.39 is 11.2 Å². The molecule has 2 saturated carbocycles. The van der Waals surface area contributed by atoms with Crippen LogP contribution in [-0.2, 0) is 25.9 Å². The van der Waals surface area contributed by atoms with Gasteiger partial charge in [-0.15, -0.1) is 0 Å². The van der Waals surface area contributed by atoms with E-state index in [0.717, 1.165) is 48.6 Å². The molecule has 0 bridgehead atoms. The molecule has 0 saturated heterocycles. The third-order valence-corrected chi connectivity index (χ3v) is 11.0. The molecule has 4 aromatic rings. The van der Waals surface area contributed by atoms with Crippen molar-refractivity contribution in [3.63, 3.8) is 0 Å². The van der Waals surface area contributed by atoms with Crippen molar-refractivity contribution in [1.82, 2.24) is 29.5 Å². The first-order valence-electron chi connectivity index (χ1n) is 16.0. The molecule has 0 aliphatic heterocycles. The molecule has 45 heavy (non-hydrogen) atoms. The first kappa shape index (κ1) is 33.6. The van der Waals surface area contributed by atoms with E-state index in [-0.39, 0.29) is 23.2 Å². The van der Waals surface area contributed by atoms with E-state index >= 15 is 0 Å².